The molecule has 0 aromatic carbocycles. The van der Waals surface area contributed by atoms with Crippen LogP contribution in [0.3, 0.4) is 0 Å². The maximum Gasteiger partial charge on any atom is 0.158 e. The maximum atomic E-state index is 11.3. The number of carbonyl (C=O) groups is 1. The topological polar surface area (TPSA) is 70.1 Å². The van der Waals surface area contributed by atoms with E-state index in [1.807, 2.05) is 13.1 Å². The van der Waals surface area contributed by atoms with Gasteiger partial charge in [-0.3, -0.25) is 9.48 Å². The summed E-state index contributed by atoms with van der Waals surface area (Å²) in [5.74, 6) is 0.102. The minimum absolute atomic E-state index is 0.102. The van der Waals surface area contributed by atoms with Gasteiger partial charge in [-0.15, -0.1) is 0 Å². The van der Waals surface area contributed by atoms with Crippen molar-refractivity contribution in [2.45, 2.75) is 12.8 Å². The fraction of sp³-hybridized carbons (Fsp3) is 0.600. The minimum Gasteiger partial charge on any atom is -0.372 e. The van der Waals surface area contributed by atoms with Crippen LogP contribution in [0.4, 0.5) is 0 Å². The van der Waals surface area contributed by atoms with Crippen molar-refractivity contribution in [3.05, 3.63) is 18.0 Å². The quantitative estimate of drug-likeness (QED) is 0.639. The van der Waals surface area contributed by atoms with Crippen LogP contribution in [0, 0.1) is 0 Å². The molecular weight excluding hydrogens is 194 g/mol. The second kappa shape index (κ2) is 6.31. The molecule has 0 fully saturated rings. The van der Waals surface area contributed by atoms with Crippen molar-refractivity contribution in [1.82, 2.24) is 9.78 Å². The fourth-order valence-corrected chi connectivity index (χ4v) is 1.26. The Morgan fingerprint density at radius 2 is 2.47 bits per heavy atom. The molecule has 0 amide bonds. The summed E-state index contributed by atoms with van der Waals surface area (Å²) in [6.45, 7) is 1.06. The number of nitrogens with zero attached hydrogens (tertiary/aromatic N) is 2. The van der Waals surface area contributed by atoms with Crippen LogP contribution in [0.5, 0.6) is 0 Å². The highest BCUT2D eigenvalue weighted by atomic mass is 16.5. The van der Waals surface area contributed by atoms with E-state index in [1.165, 1.54) is 0 Å². The molecule has 0 unspecified atom stereocenters. The van der Waals surface area contributed by atoms with E-state index >= 15 is 0 Å². The zero-order valence-electron chi connectivity index (χ0n) is 8.98. The molecule has 0 saturated heterocycles. The number of aryl methyl sites for hydroxylation is 2. The molecule has 1 aromatic heterocycles. The van der Waals surface area contributed by atoms with Crippen molar-refractivity contribution in [2.24, 2.45) is 12.8 Å². The van der Waals surface area contributed by atoms with Gasteiger partial charge in [-0.05, 0) is 12.5 Å². The Morgan fingerprint density at radius 3 is 3.07 bits per heavy atom. The van der Waals surface area contributed by atoms with Gasteiger partial charge in [-0.1, -0.05) is 0 Å². The van der Waals surface area contributed by atoms with Crippen molar-refractivity contribution >= 4 is 5.78 Å². The van der Waals surface area contributed by atoms with Gasteiger partial charge >= 0.3 is 0 Å². The Labute approximate surface area is 89.2 Å². The highest BCUT2D eigenvalue weighted by molar-refractivity contribution is 5.79. The molecule has 5 heteroatoms. The number of ketones is 1. The van der Waals surface area contributed by atoms with Crippen molar-refractivity contribution in [3.8, 4) is 0 Å². The Balaban J connectivity index is 2.20. The lowest BCUT2D eigenvalue weighted by molar-refractivity contribution is -0.123. The molecule has 1 rings (SSSR count). The zero-order chi connectivity index (χ0) is 11.1. The predicted octanol–water partition coefficient (Wildman–Crippen LogP) is -0.103. The number of rotatable bonds is 7. The van der Waals surface area contributed by atoms with Crippen LogP contribution in [-0.2, 0) is 23.0 Å². The first-order valence-corrected chi connectivity index (χ1v) is 5.00. The normalized spacial score (nSPS) is 10.5. The van der Waals surface area contributed by atoms with E-state index in [9.17, 15) is 4.79 Å². The summed E-state index contributed by atoms with van der Waals surface area (Å²) in [6.07, 6.45) is 2.93. The number of hydrogen-bond donors (Lipinski definition) is 1. The zero-order valence-corrected chi connectivity index (χ0v) is 8.98. The minimum atomic E-state index is 0.102. The molecule has 0 aliphatic rings. The van der Waals surface area contributed by atoms with Gasteiger partial charge in [0.1, 0.15) is 6.61 Å². The number of nitrogens with two attached hydrogens (primary N) is 1. The lowest BCUT2D eigenvalue weighted by atomic mass is 10.2. The van der Waals surface area contributed by atoms with E-state index < -0.39 is 0 Å². The Kier molecular flexibility index (Phi) is 5.00. The highest BCUT2D eigenvalue weighted by Crippen LogP contribution is 2.01. The molecule has 0 aliphatic heterocycles. The molecule has 0 saturated carbocycles. The fourth-order valence-electron chi connectivity index (χ4n) is 1.26. The molecule has 5 nitrogen and oxygen atoms in total. The number of aromatic nitrogens is 2. The monoisotopic (exact) mass is 211 g/mol. The molecule has 1 aromatic rings. The summed E-state index contributed by atoms with van der Waals surface area (Å²) in [7, 11) is 1.87. The Morgan fingerprint density at radius 1 is 1.67 bits per heavy atom. The largest absolute Gasteiger partial charge is 0.372 e. The SMILES string of the molecule is Cn1nccc1CCC(=O)COCCN. The molecule has 1 heterocycles. The summed E-state index contributed by atoms with van der Waals surface area (Å²) in [5, 5.41) is 4.03. The second-order valence-corrected chi connectivity index (χ2v) is 3.33. The van der Waals surface area contributed by atoms with Crippen LogP contribution >= 0.6 is 0 Å². The summed E-state index contributed by atoms with van der Waals surface area (Å²) in [4.78, 5) is 11.3. The maximum absolute atomic E-state index is 11.3. The first kappa shape index (κ1) is 11.9. The molecule has 0 spiro atoms. The van der Waals surface area contributed by atoms with Crippen LogP contribution < -0.4 is 5.73 Å². The second-order valence-electron chi connectivity index (χ2n) is 3.33. The molecular formula is C10H17N3O2. The lowest BCUT2D eigenvalue weighted by Crippen LogP contribution is -2.15. The first-order chi connectivity index (χ1) is 7.24. The average molecular weight is 211 g/mol. The molecule has 2 N–H and O–H groups in total. The lowest BCUT2D eigenvalue weighted by Gasteiger charge is -2.02. The third-order valence-corrected chi connectivity index (χ3v) is 2.11. The van der Waals surface area contributed by atoms with Gasteiger partial charge in [0.05, 0.1) is 6.61 Å². The molecule has 84 valence electrons. The third-order valence-electron chi connectivity index (χ3n) is 2.11. The molecule has 15 heavy (non-hydrogen) atoms. The van der Waals surface area contributed by atoms with E-state index in [1.54, 1.807) is 10.9 Å². The molecule has 0 radical (unpaired) electrons. The van der Waals surface area contributed by atoms with Gasteiger partial charge in [0, 0.05) is 31.9 Å². The van der Waals surface area contributed by atoms with Crippen LogP contribution in [0.15, 0.2) is 12.3 Å². The average Bonchev–Trinajstić information content (AvgIpc) is 2.61. The highest BCUT2D eigenvalue weighted by Gasteiger charge is 2.04. The van der Waals surface area contributed by atoms with E-state index in [2.05, 4.69) is 5.10 Å². The molecule has 0 aliphatic carbocycles. The van der Waals surface area contributed by atoms with Crippen molar-refractivity contribution in [2.75, 3.05) is 19.8 Å². The predicted molar refractivity (Wildman–Crippen MR) is 56.4 cm³/mol. The Hall–Kier alpha value is -1.20. The molecule has 0 atom stereocenters. The Bertz CT molecular complexity index is 309. The first-order valence-electron chi connectivity index (χ1n) is 5.00. The van der Waals surface area contributed by atoms with E-state index in [0.29, 0.717) is 26.0 Å². The summed E-state index contributed by atoms with van der Waals surface area (Å²) in [5.41, 5.74) is 6.30. The van der Waals surface area contributed by atoms with Gasteiger partial charge < -0.3 is 10.5 Å². The van der Waals surface area contributed by atoms with Crippen LogP contribution in [0.25, 0.3) is 0 Å². The van der Waals surface area contributed by atoms with Crippen LogP contribution in [0.2, 0.25) is 0 Å². The van der Waals surface area contributed by atoms with E-state index in [0.717, 1.165) is 5.69 Å². The van der Waals surface area contributed by atoms with Gasteiger partial charge in [0.2, 0.25) is 0 Å². The summed E-state index contributed by atoms with van der Waals surface area (Å²) < 4.78 is 6.82. The molecule has 0 bridgehead atoms. The summed E-state index contributed by atoms with van der Waals surface area (Å²) >= 11 is 0. The van der Waals surface area contributed by atoms with Crippen molar-refractivity contribution in [3.63, 3.8) is 0 Å². The van der Waals surface area contributed by atoms with Gasteiger partial charge in [0.25, 0.3) is 0 Å². The van der Waals surface area contributed by atoms with Gasteiger partial charge in [-0.25, -0.2) is 0 Å². The standard InChI is InChI=1S/C10H17N3O2/c1-13-9(4-6-12-13)2-3-10(14)8-15-7-5-11/h4,6H,2-3,5,7-8,11H2,1H3. The number of carbonyl (C=O) groups excluding carboxylic acids is 1. The number of Topliss-reactive ketones (excluding diaryl/α,β-unsaturated/α-hetero) is 1. The van der Waals surface area contributed by atoms with Crippen LogP contribution in [-0.4, -0.2) is 35.3 Å². The van der Waals surface area contributed by atoms with E-state index in [4.69, 9.17) is 10.5 Å². The van der Waals surface area contributed by atoms with Crippen molar-refractivity contribution < 1.29 is 9.53 Å². The third kappa shape index (κ3) is 4.22. The number of hydrogen-bond acceptors (Lipinski definition) is 4. The summed E-state index contributed by atoms with van der Waals surface area (Å²) in [6, 6.07) is 1.91. The van der Waals surface area contributed by atoms with Crippen molar-refractivity contribution in [1.29, 1.82) is 0 Å². The smallest absolute Gasteiger partial charge is 0.158 e. The van der Waals surface area contributed by atoms with E-state index in [-0.39, 0.29) is 12.4 Å². The number of ether oxygens (including phenoxy) is 1. The van der Waals surface area contributed by atoms with Crippen LogP contribution in [0.1, 0.15) is 12.1 Å². The van der Waals surface area contributed by atoms with Gasteiger partial charge in [-0.2, -0.15) is 5.10 Å². The van der Waals surface area contributed by atoms with Gasteiger partial charge in [0.15, 0.2) is 5.78 Å².